The summed E-state index contributed by atoms with van der Waals surface area (Å²) < 4.78 is 5.10. The second-order valence-electron chi connectivity index (χ2n) is 7.04. The van der Waals surface area contributed by atoms with Gasteiger partial charge in [0.1, 0.15) is 6.54 Å². The summed E-state index contributed by atoms with van der Waals surface area (Å²) in [6.45, 7) is 1.20. The highest BCUT2D eigenvalue weighted by Crippen LogP contribution is 2.27. The van der Waals surface area contributed by atoms with Crippen molar-refractivity contribution in [2.45, 2.75) is 6.92 Å². The Kier molecular flexibility index (Phi) is 5.49. The number of anilines is 1. The lowest BCUT2D eigenvalue weighted by Crippen LogP contribution is -2.38. The lowest BCUT2D eigenvalue weighted by Gasteiger charge is -2.23. The minimum Gasteiger partial charge on any atom is -0.454 e. The molecule has 0 unspecified atom stereocenters. The number of ether oxygens (including phenoxy) is 1. The van der Waals surface area contributed by atoms with Crippen molar-refractivity contribution in [3.05, 3.63) is 77.9 Å². The Labute approximate surface area is 178 Å². The molecule has 4 rings (SSSR count). The fourth-order valence-corrected chi connectivity index (χ4v) is 3.70. The normalized spacial score (nSPS) is 12.7. The minimum atomic E-state index is -0.822. The zero-order valence-electron chi connectivity index (χ0n) is 16.9. The van der Waals surface area contributed by atoms with Crippen molar-refractivity contribution >= 4 is 40.2 Å². The molecule has 0 bridgehead atoms. The van der Waals surface area contributed by atoms with Crippen molar-refractivity contribution in [3.63, 3.8) is 0 Å². The average Bonchev–Trinajstić information content (AvgIpc) is 3.03. The Morgan fingerprint density at radius 3 is 2.16 bits per heavy atom. The molecule has 0 aliphatic carbocycles. The first-order valence-corrected chi connectivity index (χ1v) is 9.90. The first kappa shape index (κ1) is 20.3. The molecular weight excluding hydrogens is 396 g/mol. The van der Waals surface area contributed by atoms with Crippen LogP contribution >= 0.6 is 0 Å². The highest BCUT2D eigenvalue weighted by atomic mass is 16.5. The molecule has 7 heteroatoms. The summed E-state index contributed by atoms with van der Waals surface area (Å²) >= 11 is 0. The van der Waals surface area contributed by atoms with E-state index in [1.54, 1.807) is 12.1 Å². The number of benzene rings is 3. The molecule has 156 valence electrons. The molecule has 0 N–H and O–H groups in total. The van der Waals surface area contributed by atoms with Crippen LogP contribution in [0.25, 0.3) is 10.8 Å². The van der Waals surface area contributed by atoms with E-state index in [1.807, 2.05) is 49.4 Å². The van der Waals surface area contributed by atoms with Gasteiger partial charge in [-0.2, -0.15) is 0 Å². The summed E-state index contributed by atoms with van der Waals surface area (Å²) in [6.07, 6.45) is 0. The summed E-state index contributed by atoms with van der Waals surface area (Å²) in [5.41, 5.74) is 1.23. The summed E-state index contributed by atoms with van der Waals surface area (Å²) in [4.78, 5) is 52.1. The van der Waals surface area contributed by atoms with Gasteiger partial charge in [0.15, 0.2) is 6.61 Å². The first-order valence-electron chi connectivity index (χ1n) is 9.90. The smallest absolute Gasteiger partial charge is 0.326 e. The van der Waals surface area contributed by atoms with E-state index < -0.39 is 36.8 Å². The lowest BCUT2D eigenvalue weighted by molar-refractivity contribution is -0.148. The van der Waals surface area contributed by atoms with Gasteiger partial charge in [0.2, 0.25) is 0 Å². The van der Waals surface area contributed by atoms with Crippen LogP contribution in [-0.2, 0) is 14.3 Å². The molecule has 0 atom stereocenters. The maximum atomic E-state index is 12.8. The fourth-order valence-electron chi connectivity index (χ4n) is 3.70. The zero-order chi connectivity index (χ0) is 22.0. The molecule has 0 radical (unpaired) electrons. The number of likely N-dealkylation sites (N-methyl/N-ethyl adjacent to an activating group) is 1. The van der Waals surface area contributed by atoms with Crippen molar-refractivity contribution in [2.75, 3.05) is 24.6 Å². The van der Waals surface area contributed by atoms with E-state index in [9.17, 15) is 19.2 Å². The third kappa shape index (κ3) is 3.77. The lowest BCUT2D eigenvalue weighted by atomic mass is 10.1. The molecule has 1 heterocycles. The number of amides is 3. The number of nitrogens with zero attached hydrogens (tertiary/aromatic N) is 2. The highest BCUT2D eigenvalue weighted by Gasteiger charge is 2.36. The van der Waals surface area contributed by atoms with Crippen LogP contribution in [0.5, 0.6) is 0 Å². The van der Waals surface area contributed by atoms with Gasteiger partial charge in [-0.15, -0.1) is 0 Å². The van der Waals surface area contributed by atoms with Crippen LogP contribution in [0, 0.1) is 0 Å². The molecule has 0 saturated heterocycles. The highest BCUT2D eigenvalue weighted by molar-refractivity contribution is 6.22. The molecule has 3 aromatic rings. The quantitative estimate of drug-likeness (QED) is 0.456. The van der Waals surface area contributed by atoms with Crippen LogP contribution in [-0.4, -0.2) is 48.3 Å². The Bertz CT molecular complexity index is 1160. The maximum absolute atomic E-state index is 12.8. The van der Waals surface area contributed by atoms with E-state index in [0.29, 0.717) is 6.54 Å². The Morgan fingerprint density at radius 1 is 0.871 bits per heavy atom. The fraction of sp³-hybridized carbons (Fsp3) is 0.167. The minimum absolute atomic E-state index is 0.254. The monoisotopic (exact) mass is 416 g/mol. The Hall–Kier alpha value is -4.00. The molecular formula is C24H20N2O5. The molecule has 1 aliphatic heterocycles. The Balaban J connectivity index is 1.42. The SMILES string of the molecule is CCN(C(=O)COC(=O)CN1C(=O)c2ccccc2C1=O)c1cccc2ccccc12. The largest absolute Gasteiger partial charge is 0.454 e. The molecule has 31 heavy (non-hydrogen) atoms. The van der Waals surface area contributed by atoms with Gasteiger partial charge in [-0.3, -0.25) is 24.1 Å². The van der Waals surface area contributed by atoms with Gasteiger partial charge in [-0.25, -0.2) is 0 Å². The van der Waals surface area contributed by atoms with E-state index in [-0.39, 0.29) is 11.1 Å². The second-order valence-corrected chi connectivity index (χ2v) is 7.04. The van der Waals surface area contributed by atoms with Gasteiger partial charge in [0.05, 0.1) is 16.8 Å². The van der Waals surface area contributed by atoms with Crippen LogP contribution in [0.15, 0.2) is 66.7 Å². The van der Waals surface area contributed by atoms with Crippen molar-refractivity contribution < 1.29 is 23.9 Å². The number of imide groups is 1. The summed E-state index contributed by atoms with van der Waals surface area (Å²) in [6, 6.07) is 19.7. The van der Waals surface area contributed by atoms with Crippen LogP contribution in [0.2, 0.25) is 0 Å². The van der Waals surface area contributed by atoms with Gasteiger partial charge >= 0.3 is 5.97 Å². The zero-order valence-corrected chi connectivity index (χ0v) is 16.9. The number of carbonyl (C=O) groups is 4. The van der Waals surface area contributed by atoms with Gasteiger partial charge in [0, 0.05) is 11.9 Å². The third-order valence-electron chi connectivity index (χ3n) is 5.20. The molecule has 3 amide bonds. The number of hydrogen-bond acceptors (Lipinski definition) is 5. The number of carbonyl (C=O) groups excluding carboxylic acids is 4. The van der Waals surface area contributed by atoms with E-state index in [2.05, 4.69) is 0 Å². The van der Waals surface area contributed by atoms with E-state index >= 15 is 0 Å². The maximum Gasteiger partial charge on any atom is 0.326 e. The third-order valence-corrected chi connectivity index (χ3v) is 5.20. The van der Waals surface area contributed by atoms with Crippen LogP contribution in [0.4, 0.5) is 5.69 Å². The number of fused-ring (bicyclic) bond motifs is 2. The van der Waals surface area contributed by atoms with Crippen molar-refractivity contribution in [2.24, 2.45) is 0 Å². The predicted octanol–water partition coefficient (Wildman–Crippen LogP) is 3.03. The van der Waals surface area contributed by atoms with Gasteiger partial charge < -0.3 is 9.64 Å². The number of hydrogen-bond donors (Lipinski definition) is 0. The molecule has 0 fully saturated rings. The predicted molar refractivity (Wildman–Crippen MR) is 115 cm³/mol. The van der Waals surface area contributed by atoms with Gasteiger partial charge in [-0.05, 0) is 30.5 Å². The Morgan fingerprint density at radius 2 is 1.48 bits per heavy atom. The molecule has 0 spiro atoms. The van der Waals surface area contributed by atoms with E-state index in [1.165, 1.54) is 17.0 Å². The summed E-state index contributed by atoms with van der Waals surface area (Å²) in [5, 5.41) is 1.91. The van der Waals surface area contributed by atoms with E-state index in [0.717, 1.165) is 21.4 Å². The molecule has 0 saturated carbocycles. The number of esters is 1. The van der Waals surface area contributed by atoms with Crippen LogP contribution in [0.1, 0.15) is 27.6 Å². The standard InChI is InChI=1S/C24H20N2O5/c1-2-25(20-13-7-9-16-8-3-4-10-17(16)20)21(27)15-31-22(28)14-26-23(29)18-11-5-6-12-19(18)24(26)30/h3-13H,2,14-15H2,1H3. The average molecular weight is 416 g/mol. The van der Waals surface area contributed by atoms with Gasteiger partial charge in [-0.1, -0.05) is 48.5 Å². The van der Waals surface area contributed by atoms with Crippen molar-refractivity contribution in [1.29, 1.82) is 0 Å². The topological polar surface area (TPSA) is 84.0 Å². The second kappa shape index (κ2) is 8.39. The first-order chi connectivity index (χ1) is 15.0. The van der Waals surface area contributed by atoms with Crippen LogP contribution < -0.4 is 4.90 Å². The molecule has 1 aliphatic rings. The molecule has 7 nitrogen and oxygen atoms in total. The van der Waals surface area contributed by atoms with Gasteiger partial charge in [0.25, 0.3) is 17.7 Å². The number of rotatable bonds is 6. The molecule has 3 aromatic carbocycles. The summed E-state index contributed by atoms with van der Waals surface area (Å²) in [5.74, 6) is -2.31. The van der Waals surface area contributed by atoms with E-state index in [4.69, 9.17) is 4.74 Å². The van der Waals surface area contributed by atoms with Crippen molar-refractivity contribution in [3.8, 4) is 0 Å². The molecule has 0 aromatic heterocycles. The summed E-state index contributed by atoms with van der Waals surface area (Å²) in [7, 11) is 0. The van der Waals surface area contributed by atoms with Crippen molar-refractivity contribution in [1.82, 2.24) is 4.90 Å². The van der Waals surface area contributed by atoms with Crippen LogP contribution in [0.3, 0.4) is 0 Å².